The average Bonchev–Trinajstić information content (AvgIpc) is 3.14. The van der Waals surface area contributed by atoms with Crippen molar-refractivity contribution in [2.45, 2.75) is 6.54 Å². The average molecular weight is 357 g/mol. The predicted octanol–water partition coefficient (Wildman–Crippen LogP) is 1.12. The van der Waals surface area contributed by atoms with Crippen LogP contribution in [0.4, 0.5) is 0 Å². The SMILES string of the molecule is COCCNC(=O)c1cccc(C(=O)NCc2ccc3c(c2)OCO3)n1. The molecule has 3 rings (SSSR count). The van der Waals surface area contributed by atoms with E-state index in [4.69, 9.17) is 14.2 Å². The lowest BCUT2D eigenvalue weighted by atomic mass is 10.2. The molecule has 8 heteroatoms. The molecule has 2 aromatic rings. The van der Waals surface area contributed by atoms with E-state index in [1.165, 1.54) is 0 Å². The topological polar surface area (TPSA) is 98.8 Å². The molecule has 1 aromatic carbocycles. The summed E-state index contributed by atoms with van der Waals surface area (Å²) in [5, 5.41) is 5.44. The van der Waals surface area contributed by atoms with Crippen molar-refractivity contribution in [3.05, 3.63) is 53.3 Å². The third-order valence-electron chi connectivity index (χ3n) is 3.70. The van der Waals surface area contributed by atoms with Crippen molar-refractivity contribution in [1.82, 2.24) is 15.6 Å². The van der Waals surface area contributed by atoms with E-state index in [9.17, 15) is 9.59 Å². The number of carbonyl (C=O) groups excluding carboxylic acids is 2. The van der Waals surface area contributed by atoms with Crippen LogP contribution in [0.5, 0.6) is 11.5 Å². The lowest BCUT2D eigenvalue weighted by Crippen LogP contribution is -2.29. The molecule has 0 fully saturated rings. The number of benzene rings is 1. The second kappa shape index (κ2) is 8.30. The highest BCUT2D eigenvalue weighted by Crippen LogP contribution is 2.32. The number of methoxy groups -OCH3 is 1. The van der Waals surface area contributed by atoms with Crippen LogP contribution in [0.2, 0.25) is 0 Å². The van der Waals surface area contributed by atoms with Crippen molar-refractivity contribution in [2.75, 3.05) is 27.1 Å². The molecule has 2 N–H and O–H groups in total. The first-order valence-electron chi connectivity index (χ1n) is 8.08. The van der Waals surface area contributed by atoms with Crippen LogP contribution in [0.25, 0.3) is 0 Å². The molecule has 0 spiro atoms. The van der Waals surface area contributed by atoms with Gasteiger partial charge < -0.3 is 24.8 Å². The van der Waals surface area contributed by atoms with Gasteiger partial charge in [-0.1, -0.05) is 12.1 Å². The van der Waals surface area contributed by atoms with E-state index in [0.29, 0.717) is 31.2 Å². The van der Waals surface area contributed by atoms with Crippen LogP contribution in [0.1, 0.15) is 26.5 Å². The van der Waals surface area contributed by atoms with Crippen molar-refractivity contribution in [3.63, 3.8) is 0 Å². The molecule has 26 heavy (non-hydrogen) atoms. The van der Waals surface area contributed by atoms with Gasteiger partial charge in [-0.05, 0) is 29.8 Å². The Hall–Kier alpha value is -3.13. The minimum atomic E-state index is -0.366. The van der Waals surface area contributed by atoms with Gasteiger partial charge in [-0.15, -0.1) is 0 Å². The number of aromatic nitrogens is 1. The lowest BCUT2D eigenvalue weighted by Gasteiger charge is -2.08. The molecule has 2 heterocycles. The molecule has 0 saturated carbocycles. The third kappa shape index (κ3) is 4.28. The highest BCUT2D eigenvalue weighted by Gasteiger charge is 2.15. The van der Waals surface area contributed by atoms with Crippen LogP contribution in [-0.4, -0.2) is 43.9 Å². The monoisotopic (exact) mass is 357 g/mol. The number of hydrogen-bond donors (Lipinski definition) is 2. The third-order valence-corrected chi connectivity index (χ3v) is 3.70. The summed E-state index contributed by atoms with van der Waals surface area (Å²) in [6.07, 6.45) is 0. The highest BCUT2D eigenvalue weighted by molar-refractivity contribution is 5.96. The fraction of sp³-hybridized carbons (Fsp3) is 0.278. The number of fused-ring (bicyclic) bond motifs is 1. The molecule has 136 valence electrons. The van der Waals surface area contributed by atoms with Crippen molar-refractivity contribution in [1.29, 1.82) is 0 Å². The van der Waals surface area contributed by atoms with Gasteiger partial charge in [0.1, 0.15) is 11.4 Å². The molecular formula is C18H19N3O5. The Kier molecular flexibility index (Phi) is 5.65. The number of nitrogens with zero attached hydrogens (tertiary/aromatic N) is 1. The van der Waals surface area contributed by atoms with Crippen molar-refractivity contribution in [3.8, 4) is 11.5 Å². The van der Waals surface area contributed by atoms with E-state index in [0.717, 1.165) is 5.56 Å². The van der Waals surface area contributed by atoms with E-state index < -0.39 is 0 Å². The summed E-state index contributed by atoms with van der Waals surface area (Å²) in [6, 6.07) is 10.2. The van der Waals surface area contributed by atoms with E-state index >= 15 is 0 Å². The lowest BCUT2D eigenvalue weighted by molar-refractivity contribution is 0.0930. The van der Waals surface area contributed by atoms with Crippen LogP contribution >= 0.6 is 0 Å². The largest absolute Gasteiger partial charge is 0.454 e. The predicted molar refractivity (Wildman–Crippen MR) is 92.2 cm³/mol. The van der Waals surface area contributed by atoms with Crippen LogP contribution in [0.3, 0.4) is 0 Å². The quantitative estimate of drug-likeness (QED) is 0.721. The van der Waals surface area contributed by atoms with Gasteiger partial charge >= 0.3 is 0 Å². The molecule has 0 unspecified atom stereocenters. The van der Waals surface area contributed by atoms with Gasteiger partial charge in [-0.3, -0.25) is 9.59 Å². The van der Waals surface area contributed by atoms with Gasteiger partial charge in [0.2, 0.25) is 6.79 Å². The Morgan fingerprint density at radius 2 is 1.81 bits per heavy atom. The van der Waals surface area contributed by atoms with Gasteiger partial charge in [0, 0.05) is 20.2 Å². The fourth-order valence-electron chi connectivity index (χ4n) is 2.37. The van der Waals surface area contributed by atoms with Gasteiger partial charge in [0.25, 0.3) is 11.8 Å². The summed E-state index contributed by atoms with van der Waals surface area (Å²) in [6.45, 7) is 1.29. The number of rotatable bonds is 7. The van der Waals surface area contributed by atoms with Gasteiger partial charge in [-0.25, -0.2) is 4.98 Å². The van der Waals surface area contributed by atoms with E-state index in [1.807, 2.05) is 12.1 Å². The molecule has 1 aromatic heterocycles. The standard InChI is InChI=1S/C18H19N3O5/c1-24-8-7-19-17(22)13-3-2-4-14(21-13)18(23)20-10-12-5-6-15-16(9-12)26-11-25-15/h2-6,9H,7-8,10-11H2,1H3,(H,19,22)(H,20,23). The second-order valence-corrected chi connectivity index (χ2v) is 5.53. The summed E-state index contributed by atoms with van der Waals surface area (Å²) in [5.74, 6) is 0.625. The van der Waals surface area contributed by atoms with Crippen molar-refractivity contribution >= 4 is 11.8 Å². The molecular weight excluding hydrogens is 338 g/mol. The molecule has 0 bridgehead atoms. The normalized spacial score (nSPS) is 11.9. The number of carbonyl (C=O) groups is 2. The minimum absolute atomic E-state index is 0.171. The molecule has 0 radical (unpaired) electrons. The van der Waals surface area contributed by atoms with E-state index in [-0.39, 0.29) is 30.0 Å². The summed E-state index contributed by atoms with van der Waals surface area (Å²) < 4.78 is 15.4. The zero-order chi connectivity index (χ0) is 18.4. The van der Waals surface area contributed by atoms with Crippen LogP contribution in [0.15, 0.2) is 36.4 Å². The summed E-state index contributed by atoms with van der Waals surface area (Å²) in [7, 11) is 1.55. The number of ether oxygens (including phenoxy) is 3. The first-order valence-corrected chi connectivity index (χ1v) is 8.08. The van der Waals surface area contributed by atoms with E-state index in [1.54, 1.807) is 31.4 Å². The molecule has 8 nitrogen and oxygen atoms in total. The molecule has 1 aliphatic heterocycles. The van der Waals surface area contributed by atoms with Crippen molar-refractivity contribution < 1.29 is 23.8 Å². The first kappa shape index (κ1) is 17.7. The van der Waals surface area contributed by atoms with Crippen molar-refractivity contribution in [2.24, 2.45) is 0 Å². The number of amides is 2. The summed E-state index contributed by atoms with van der Waals surface area (Å²) >= 11 is 0. The number of nitrogens with one attached hydrogen (secondary N) is 2. The first-order chi connectivity index (χ1) is 12.7. The Bertz CT molecular complexity index is 809. The van der Waals surface area contributed by atoms with E-state index in [2.05, 4.69) is 15.6 Å². The maximum atomic E-state index is 12.3. The minimum Gasteiger partial charge on any atom is -0.454 e. The smallest absolute Gasteiger partial charge is 0.270 e. The van der Waals surface area contributed by atoms with Crippen LogP contribution in [0, 0.1) is 0 Å². The maximum absolute atomic E-state index is 12.3. The Morgan fingerprint density at radius 3 is 2.58 bits per heavy atom. The van der Waals surface area contributed by atoms with Gasteiger partial charge in [0.05, 0.1) is 6.61 Å². The maximum Gasteiger partial charge on any atom is 0.270 e. The molecule has 1 aliphatic rings. The zero-order valence-corrected chi connectivity index (χ0v) is 14.3. The zero-order valence-electron chi connectivity index (χ0n) is 14.3. The second-order valence-electron chi connectivity index (χ2n) is 5.53. The fourth-order valence-corrected chi connectivity index (χ4v) is 2.37. The molecule has 0 aliphatic carbocycles. The molecule has 0 saturated heterocycles. The Labute approximate surface area is 150 Å². The Morgan fingerprint density at radius 1 is 1.08 bits per heavy atom. The summed E-state index contributed by atoms with van der Waals surface area (Å²) in [5.41, 5.74) is 1.22. The van der Waals surface area contributed by atoms with Gasteiger partial charge in [-0.2, -0.15) is 0 Å². The molecule has 2 amide bonds. The Balaban J connectivity index is 1.59. The van der Waals surface area contributed by atoms with Gasteiger partial charge in [0.15, 0.2) is 11.5 Å². The van der Waals surface area contributed by atoms with Crippen LogP contribution in [-0.2, 0) is 11.3 Å². The number of pyridine rings is 1. The summed E-state index contributed by atoms with van der Waals surface area (Å²) in [4.78, 5) is 28.4. The van der Waals surface area contributed by atoms with Crippen LogP contribution < -0.4 is 20.1 Å². The highest BCUT2D eigenvalue weighted by atomic mass is 16.7. The number of hydrogen-bond acceptors (Lipinski definition) is 6. The molecule has 0 atom stereocenters.